The Kier molecular flexibility index (Phi) is 6.70. The second-order valence-electron chi connectivity index (χ2n) is 5.99. The van der Waals surface area contributed by atoms with Crippen LogP contribution in [0.2, 0.25) is 0 Å². The normalized spacial score (nSPS) is 15.1. The molecule has 1 N–H and O–H groups in total. The summed E-state index contributed by atoms with van der Waals surface area (Å²) in [6, 6.07) is 7.65. The fraction of sp³-hybridized carbons (Fsp3) is 0.444. The van der Waals surface area contributed by atoms with Gasteiger partial charge in [-0.1, -0.05) is 5.16 Å². The number of morpholine rings is 1. The number of nitrogens with zero attached hydrogens (tertiary/aromatic N) is 2. The number of hydrogen-bond donors (Lipinski definition) is 1. The third-order valence-corrected chi connectivity index (χ3v) is 4.02. The van der Waals surface area contributed by atoms with E-state index in [9.17, 15) is 9.18 Å². The fourth-order valence-electron chi connectivity index (χ4n) is 2.61. The van der Waals surface area contributed by atoms with Gasteiger partial charge in [0.05, 0.1) is 19.8 Å². The number of carbonyl (C=O) groups excluding carboxylic acids is 1. The lowest BCUT2D eigenvalue weighted by Gasteiger charge is -2.26. The Morgan fingerprint density at radius 2 is 2.04 bits per heavy atom. The van der Waals surface area contributed by atoms with Crippen molar-refractivity contribution >= 4 is 5.91 Å². The zero-order chi connectivity index (χ0) is 18.2. The number of nitrogens with one attached hydrogen (secondary N) is 1. The lowest BCUT2D eigenvalue weighted by atomic mass is 10.1. The van der Waals surface area contributed by atoms with E-state index in [0.717, 1.165) is 38.4 Å². The number of carbonyl (C=O) groups is 1. The Hall–Kier alpha value is -2.29. The van der Waals surface area contributed by atoms with Crippen molar-refractivity contribution in [2.45, 2.75) is 6.61 Å². The molecule has 0 atom stereocenters. The van der Waals surface area contributed by atoms with Gasteiger partial charge in [-0.05, 0) is 24.3 Å². The molecule has 1 amide bonds. The van der Waals surface area contributed by atoms with E-state index >= 15 is 0 Å². The Bertz CT molecular complexity index is 699. The molecule has 26 heavy (non-hydrogen) atoms. The highest BCUT2D eigenvalue weighted by atomic mass is 19.1. The van der Waals surface area contributed by atoms with Crippen molar-refractivity contribution in [1.82, 2.24) is 15.4 Å². The predicted molar refractivity (Wildman–Crippen MR) is 91.8 cm³/mol. The number of rotatable bonds is 8. The van der Waals surface area contributed by atoms with Crippen LogP contribution in [-0.2, 0) is 20.9 Å². The van der Waals surface area contributed by atoms with Gasteiger partial charge in [0, 0.05) is 37.8 Å². The first kappa shape index (κ1) is 18.5. The molecule has 140 valence electrons. The van der Waals surface area contributed by atoms with E-state index in [0.29, 0.717) is 18.0 Å². The fourth-order valence-corrected chi connectivity index (χ4v) is 2.61. The van der Waals surface area contributed by atoms with E-state index in [4.69, 9.17) is 14.0 Å². The Morgan fingerprint density at radius 1 is 1.27 bits per heavy atom. The quantitative estimate of drug-likeness (QED) is 0.765. The first-order valence-electron chi connectivity index (χ1n) is 8.57. The van der Waals surface area contributed by atoms with Crippen molar-refractivity contribution in [2.24, 2.45) is 0 Å². The number of benzene rings is 1. The molecule has 0 saturated carbocycles. The highest BCUT2D eigenvalue weighted by molar-refractivity contribution is 5.77. The summed E-state index contributed by atoms with van der Waals surface area (Å²) in [4.78, 5) is 14.0. The molecule has 1 saturated heterocycles. The maximum absolute atomic E-state index is 12.9. The molecule has 0 aliphatic carbocycles. The van der Waals surface area contributed by atoms with Crippen LogP contribution in [0.1, 0.15) is 5.69 Å². The van der Waals surface area contributed by atoms with E-state index in [1.165, 1.54) is 12.1 Å². The second kappa shape index (κ2) is 9.42. The third kappa shape index (κ3) is 5.62. The Labute approximate surface area is 151 Å². The van der Waals surface area contributed by atoms with E-state index in [-0.39, 0.29) is 24.9 Å². The number of aromatic nitrogens is 1. The van der Waals surface area contributed by atoms with Gasteiger partial charge in [-0.2, -0.15) is 0 Å². The minimum atomic E-state index is -0.309. The summed E-state index contributed by atoms with van der Waals surface area (Å²) >= 11 is 0. The largest absolute Gasteiger partial charge is 0.379 e. The average Bonchev–Trinajstić information content (AvgIpc) is 3.12. The van der Waals surface area contributed by atoms with Gasteiger partial charge in [0.25, 0.3) is 0 Å². The molecule has 2 heterocycles. The van der Waals surface area contributed by atoms with Gasteiger partial charge in [-0.25, -0.2) is 4.39 Å². The molecular weight excluding hydrogens is 341 g/mol. The smallest absolute Gasteiger partial charge is 0.246 e. The SMILES string of the molecule is O=C(COCc1cc(-c2ccc(F)cc2)on1)NCCN1CCOCC1. The Morgan fingerprint density at radius 3 is 2.81 bits per heavy atom. The third-order valence-electron chi connectivity index (χ3n) is 4.02. The number of amides is 1. The van der Waals surface area contributed by atoms with E-state index < -0.39 is 0 Å². The van der Waals surface area contributed by atoms with Crippen molar-refractivity contribution in [3.05, 3.63) is 41.8 Å². The van der Waals surface area contributed by atoms with Gasteiger partial charge in [-0.3, -0.25) is 9.69 Å². The van der Waals surface area contributed by atoms with Crippen molar-refractivity contribution in [3.8, 4) is 11.3 Å². The standard InChI is InChI=1S/C18H22FN3O4/c19-15-3-1-14(2-4-15)17-11-16(21-26-17)12-25-13-18(23)20-5-6-22-7-9-24-10-8-22/h1-4,11H,5-10,12-13H2,(H,20,23). The van der Waals surface area contributed by atoms with Crippen LogP contribution in [-0.4, -0.2) is 62.0 Å². The van der Waals surface area contributed by atoms with Crippen molar-refractivity contribution in [2.75, 3.05) is 46.0 Å². The maximum atomic E-state index is 12.9. The summed E-state index contributed by atoms with van der Waals surface area (Å²) < 4.78 is 28.8. The lowest BCUT2D eigenvalue weighted by molar-refractivity contribution is -0.126. The summed E-state index contributed by atoms with van der Waals surface area (Å²) in [5.41, 5.74) is 1.30. The molecule has 1 fully saturated rings. The van der Waals surface area contributed by atoms with Crippen LogP contribution >= 0.6 is 0 Å². The molecule has 1 aliphatic rings. The van der Waals surface area contributed by atoms with Gasteiger partial charge in [0.15, 0.2) is 5.76 Å². The average molecular weight is 363 g/mol. The predicted octanol–water partition coefficient (Wildman–Crippen LogP) is 1.45. The molecule has 3 rings (SSSR count). The maximum Gasteiger partial charge on any atom is 0.246 e. The van der Waals surface area contributed by atoms with Gasteiger partial charge in [0.1, 0.15) is 18.1 Å². The van der Waals surface area contributed by atoms with Gasteiger partial charge in [-0.15, -0.1) is 0 Å². The first-order chi connectivity index (χ1) is 12.7. The topological polar surface area (TPSA) is 76.8 Å². The van der Waals surface area contributed by atoms with Crippen molar-refractivity contribution in [1.29, 1.82) is 0 Å². The summed E-state index contributed by atoms with van der Waals surface area (Å²) in [5, 5.41) is 6.72. The van der Waals surface area contributed by atoms with Crippen LogP contribution in [0.4, 0.5) is 4.39 Å². The van der Waals surface area contributed by atoms with Crippen LogP contribution in [0.3, 0.4) is 0 Å². The molecule has 0 bridgehead atoms. The molecule has 0 radical (unpaired) electrons. The molecule has 1 aliphatic heterocycles. The van der Waals surface area contributed by atoms with Crippen LogP contribution in [0.25, 0.3) is 11.3 Å². The van der Waals surface area contributed by atoms with E-state index in [2.05, 4.69) is 15.4 Å². The highest BCUT2D eigenvalue weighted by Gasteiger charge is 2.11. The van der Waals surface area contributed by atoms with Crippen LogP contribution in [0, 0.1) is 5.82 Å². The summed E-state index contributed by atoms with van der Waals surface area (Å²) in [7, 11) is 0. The lowest BCUT2D eigenvalue weighted by Crippen LogP contribution is -2.41. The number of hydrogen-bond acceptors (Lipinski definition) is 6. The summed E-state index contributed by atoms with van der Waals surface area (Å²) in [6.45, 7) is 4.80. The van der Waals surface area contributed by atoms with E-state index in [1.807, 2.05) is 0 Å². The molecule has 1 aromatic carbocycles. The summed E-state index contributed by atoms with van der Waals surface area (Å²) in [5.74, 6) is 0.0514. The number of halogens is 1. The number of ether oxygens (including phenoxy) is 2. The zero-order valence-corrected chi connectivity index (χ0v) is 14.4. The van der Waals surface area contributed by atoms with E-state index in [1.54, 1.807) is 18.2 Å². The monoisotopic (exact) mass is 363 g/mol. The molecule has 7 nitrogen and oxygen atoms in total. The molecule has 0 unspecified atom stereocenters. The molecule has 1 aromatic heterocycles. The minimum absolute atomic E-state index is 0.0398. The van der Waals surface area contributed by atoms with Crippen LogP contribution in [0.15, 0.2) is 34.9 Å². The van der Waals surface area contributed by atoms with Gasteiger partial charge in [0.2, 0.25) is 5.91 Å². The molecular formula is C18H22FN3O4. The van der Waals surface area contributed by atoms with Crippen LogP contribution in [0.5, 0.6) is 0 Å². The molecule has 8 heteroatoms. The van der Waals surface area contributed by atoms with Gasteiger partial charge >= 0.3 is 0 Å². The van der Waals surface area contributed by atoms with Crippen molar-refractivity contribution < 1.29 is 23.2 Å². The molecule has 2 aromatic rings. The first-order valence-corrected chi connectivity index (χ1v) is 8.57. The summed E-state index contributed by atoms with van der Waals surface area (Å²) in [6.07, 6.45) is 0. The molecule has 0 spiro atoms. The van der Waals surface area contributed by atoms with Crippen LogP contribution < -0.4 is 5.32 Å². The van der Waals surface area contributed by atoms with Crippen molar-refractivity contribution in [3.63, 3.8) is 0 Å². The Balaban J connectivity index is 1.34. The van der Waals surface area contributed by atoms with Gasteiger partial charge < -0.3 is 19.3 Å². The zero-order valence-electron chi connectivity index (χ0n) is 14.4. The highest BCUT2D eigenvalue weighted by Crippen LogP contribution is 2.20. The second-order valence-corrected chi connectivity index (χ2v) is 5.99. The minimum Gasteiger partial charge on any atom is -0.379 e.